The Bertz CT molecular complexity index is 740. The van der Waals surface area contributed by atoms with Crippen LogP contribution in [0, 0.1) is 0 Å². The Balaban J connectivity index is 1.55. The summed E-state index contributed by atoms with van der Waals surface area (Å²) in [4.78, 5) is 14.6. The first kappa shape index (κ1) is 17.9. The third-order valence-corrected chi connectivity index (χ3v) is 4.91. The fourth-order valence-corrected chi connectivity index (χ4v) is 3.32. The number of piperidine rings is 1. The maximum Gasteiger partial charge on any atom is 0.257 e. The Morgan fingerprint density at radius 2 is 1.60 bits per heavy atom. The van der Waals surface area contributed by atoms with Crippen molar-refractivity contribution >= 4 is 50.5 Å². The molecule has 0 aromatic heterocycles. The third kappa shape index (κ3) is 5.03. The highest BCUT2D eigenvalue weighted by Crippen LogP contribution is 2.21. The first-order valence-corrected chi connectivity index (χ1v) is 9.55. The number of hydrogen-bond donors (Lipinski definition) is 2. The van der Waals surface area contributed by atoms with E-state index >= 15 is 0 Å². The number of carbonyl (C=O) groups is 1. The van der Waals surface area contributed by atoms with E-state index in [1.165, 1.54) is 24.9 Å². The smallest absolute Gasteiger partial charge is 0.257 e. The van der Waals surface area contributed by atoms with Gasteiger partial charge in [-0.25, -0.2) is 0 Å². The number of halogens is 1. The van der Waals surface area contributed by atoms with Gasteiger partial charge in [0, 0.05) is 34.5 Å². The fraction of sp³-hybridized carbons (Fsp3) is 0.263. The summed E-state index contributed by atoms with van der Waals surface area (Å²) in [6, 6.07) is 15.3. The molecule has 1 aliphatic heterocycles. The Hall–Kier alpha value is -1.92. The second kappa shape index (κ2) is 8.45. The van der Waals surface area contributed by atoms with Crippen molar-refractivity contribution < 1.29 is 4.79 Å². The molecule has 25 heavy (non-hydrogen) atoms. The molecule has 3 rings (SSSR count). The fourth-order valence-electron chi connectivity index (χ4n) is 2.85. The predicted molar refractivity (Wildman–Crippen MR) is 110 cm³/mol. The summed E-state index contributed by atoms with van der Waals surface area (Å²) in [7, 11) is 0. The molecular weight excluding hydrogens is 398 g/mol. The summed E-state index contributed by atoms with van der Waals surface area (Å²) in [6.45, 7) is 2.24. The largest absolute Gasteiger partial charge is 0.372 e. The van der Waals surface area contributed by atoms with E-state index in [1.54, 1.807) is 12.1 Å². The van der Waals surface area contributed by atoms with Crippen LogP contribution in [0.5, 0.6) is 0 Å². The molecular formula is C19H20BrN3OS. The molecule has 1 fully saturated rings. The van der Waals surface area contributed by atoms with Crippen LogP contribution in [0.1, 0.15) is 29.6 Å². The van der Waals surface area contributed by atoms with Crippen molar-refractivity contribution in [3.05, 3.63) is 58.6 Å². The average molecular weight is 418 g/mol. The van der Waals surface area contributed by atoms with Gasteiger partial charge >= 0.3 is 0 Å². The molecule has 4 nitrogen and oxygen atoms in total. The highest BCUT2D eigenvalue weighted by atomic mass is 79.9. The highest BCUT2D eigenvalue weighted by Gasteiger charge is 2.11. The van der Waals surface area contributed by atoms with E-state index in [2.05, 4.69) is 43.6 Å². The predicted octanol–water partition coefficient (Wildman–Crippen LogP) is 4.57. The van der Waals surface area contributed by atoms with Gasteiger partial charge in [0.2, 0.25) is 0 Å². The van der Waals surface area contributed by atoms with Crippen LogP contribution in [-0.4, -0.2) is 24.1 Å². The van der Waals surface area contributed by atoms with Crippen LogP contribution >= 0.6 is 28.1 Å². The molecule has 2 aromatic carbocycles. The molecule has 0 radical (unpaired) electrons. The zero-order chi connectivity index (χ0) is 17.6. The zero-order valence-electron chi connectivity index (χ0n) is 13.8. The molecule has 0 unspecified atom stereocenters. The topological polar surface area (TPSA) is 44.4 Å². The average Bonchev–Trinajstić information content (AvgIpc) is 2.63. The van der Waals surface area contributed by atoms with Gasteiger partial charge in [-0.3, -0.25) is 10.1 Å². The number of benzene rings is 2. The lowest BCUT2D eigenvalue weighted by atomic mass is 10.1. The van der Waals surface area contributed by atoms with Crippen LogP contribution in [0.2, 0.25) is 0 Å². The molecule has 0 spiro atoms. The molecule has 1 aliphatic rings. The molecule has 1 saturated heterocycles. The molecule has 0 saturated carbocycles. The van der Waals surface area contributed by atoms with Gasteiger partial charge in [-0.05, 0) is 80.0 Å². The van der Waals surface area contributed by atoms with Crippen molar-refractivity contribution in [1.29, 1.82) is 0 Å². The van der Waals surface area contributed by atoms with Crippen molar-refractivity contribution in [2.45, 2.75) is 19.3 Å². The van der Waals surface area contributed by atoms with E-state index in [-0.39, 0.29) is 5.91 Å². The van der Waals surface area contributed by atoms with E-state index in [0.29, 0.717) is 10.7 Å². The molecule has 1 amide bonds. The second-order valence-electron chi connectivity index (χ2n) is 6.01. The van der Waals surface area contributed by atoms with Gasteiger partial charge in [0.15, 0.2) is 5.11 Å². The second-order valence-corrected chi connectivity index (χ2v) is 7.33. The molecule has 0 bridgehead atoms. The summed E-state index contributed by atoms with van der Waals surface area (Å²) >= 11 is 8.58. The summed E-state index contributed by atoms with van der Waals surface area (Å²) in [6.07, 6.45) is 3.83. The quantitative estimate of drug-likeness (QED) is 0.717. The molecule has 2 aromatic rings. The summed E-state index contributed by atoms with van der Waals surface area (Å²) in [5, 5.41) is 6.04. The standard InChI is InChI=1S/C19H20BrN3OS/c20-15-6-4-14(5-7-15)18(24)22-19(25)21-16-8-10-17(11-9-16)23-12-2-1-3-13-23/h4-11H,1-3,12-13H2,(H2,21,22,24,25). The van der Waals surface area contributed by atoms with Gasteiger partial charge in [-0.2, -0.15) is 0 Å². The number of carbonyl (C=O) groups excluding carboxylic acids is 1. The Morgan fingerprint density at radius 1 is 0.960 bits per heavy atom. The van der Waals surface area contributed by atoms with E-state index in [1.807, 2.05) is 24.3 Å². The number of rotatable bonds is 3. The number of anilines is 2. The first-order chi connectivity index (χ1) is 12.1. The van der Waals surface area contributed by atoms with Crippen molar-refractivity contribution in [3.8, 4) is 0 Å². The molecule has 2 N–H and O–H groups in total. The van der Waals surface area contributed by atoms with Gasteiger partial charge < -0.3 is 10.2 Å². The van der Waals surface area contributed by atoms with Gasteiger partial charge in [-0.1, -0.05) is 15.9 Å². The van der Waals surface area contributed by atoms with Crippen LogP contribution in [-0.2, 0) is 0 Å². The molecule has 1 heterocycles. The van der Waals surface area contributed by atoms with Gasteiger partial charge in [0.1, 0.15) is 0 Å². The van der Waals surface area contributed by atoms with Crippen LogP contribution in [0.4, 0.5) is 11.4 Å². The van der Waals surface area contributed by atoms with Gasteiger partial charge in [0.05, 0.1) is 0 Å². The number of nitrogens with one attached hydrogen (secondary N) is 2. The maximum absolute atomic E-state index is 12.2. The normalized spacial score (nSPS) is 14.0. The van der Waals surface area contributed by atoms with Crippen LogP contribution in [0.15, 0.2) is 53.0 Å². The minimum absolute atomic E-state index is 0.227. The number of amides is 1. The number of thiocarbonyl (C=S) groups is 1. The summed E-state index contributed by atoms with van der Waals surface area (Å²) in [5.74, 6) is -0.227. The van der Waals surface area contributed by atoms with Gasteiger partial charge in [0.25, 0.3) is 5.91 Å². The Kier molecular flexibility index (Phi) is 6.04. The Morgan fingerprint density at radius 3 is 2.24 bits per heavy atom. The third-order valence-electron chi connectivity index (χ3n) is 4.18. The SMILES string of the molecule is O=C(NC(=S)Nc1ccc(N2CCCCC2)cc1)c1ccc(Br)cc1. The monoisotopic (exact) mass is 417 g/mol. The van der Waals surface area contributed by atoms with Crippen molar-refractivity contribution in [1.82, 2.24) is 5.32 Å². The van der Waals surface area contributed by atoms with Crippen molar-refractivity contribution in [2.75, 3.05) is 23.3 Å². The first-order valence-electron chi connectivity index (χ1n) is 8.35. The molecule has 0 atom stereocenters. The molecule has 130 valence electrons. The maximum atomic E-state index is 12.2. The lowest BCUT2D eigenvalue weighted by molar-refractivity contribution is 0.0977. The number of nitrogens with zero attached hydrogens (tertiary/aromatic N) is 1. The lowest BCUT2D eigenvalue weighted by Gasteiger charge is -2.28. The zero-order valence-corrected chi connectivity index (χ0v) is 16.2. The lowest BCUT2D eigenvalue weighted by Crippen LogP contribution is -2.34. The van der Waals surface area contributed by atoms with Gasteiger partial charge in [-0.15, -0.1) is 0 Å². The molecule has 6 heteroatoms. The van der Waals surface area contributed by atoms with Crippen LogP contribution in [0.25, 0.3) is 0 Å². The van der Waals surface area contributed by atoms with Crippen LogP contribution in [0.3, 0.4) is 0 Å². The molecule has 0 aliphatic carbocycles. The summed E-state index contributed by atoms with van der Waals surface area (Å²) in [5.41, 5.74) is 2.66. The van der Waals surface area contributed by atoms with E-state index < -0.39 is 0 Å². The van der Waals surface area contributed by atoms with Crippen molar-refractivity contribution in [2.24, 2.45) is 0 Å². The van der Waals surface area contributed by atoms with E-state index in [9.17, 15) is 4.79 Å². The van der Waals surface area contributed by atoms with E-state index in [4.69, 9.17) is 12.2 Å². The summed E-state index contributed by atoms with van der Waals surface area (Å²) < 4.78 is 0.929. The van der Waals surface area contributed by atoms with E-state index in [0.717, 1.165) is 23.2 Å². The van der Waals surface area contributed by atoms with Crippen molar-refractivity contribution in [3.63, 3.8) is 0 Å². The minimum Gasteiger partial charge on any atom is -0.372 e. The van der Waals surface area contributed by atoms with Crippen LogP contribution < -0.4 is 15.5 Å². The number of hydrogen-bond acceptors (Lipinski definition) is 3. The minimum atomic E-state index is -0.227. The highest BCUT2D eigenvalue weighted by molar-refractivity contribution is 9.10. The Labute approximate surface area is 161 Å².